The van der Waals surface area contributed by atoms with E-state index in [1.165, 1.54) is 0 Å². The van der Waals surface area contributed by atoms with E-state index in [1.807, 2.05) is 0 Å². The highest BCUT2D eigenvalue weighted by Gasteiger charge is 2.62. The maximum Gasteiger partial charge on any atom is 0.314 e. The van der Waals surface area contributed by atoms with Gasteiger partial charge < -0.3 is 134 Å². The van der Waals surface area contributed by atoms with Crippen LogP contribution in [0, 0.1) is 28.6 Å². The zero-order chi connectivity index (χ0) is 56.9. The molecule has 0 bridgehead atoms. The third kappa shape index (κ3) is 11.8. The maximum atomic E-state index is 15.2. The summed E-state index contributed by atoms with van der Waals surface area (Å²) in [6.45, 7) is 4.05. The number of fused-ring (bicyclic) bond motifs is 3. The van der Waals surface area contributed by atoms with Crippen molar-refractivity contribution in [1.29, 1.82) is 0 Å². The molecule has 0 aromatic heterocycles. The summed E-state index contributed by atoms with van der Waals surface area (Å²) in [5, 5.41) is 180. The van der Waals surface area contributed by atoms with Crippen LogP contribution in [0.5, 0.6) is 0 Å². The second-order valence-electron chi connectivity index (χ2n) is 22.9. The molecule has 0 amide bonds. The molecule has 5 aliphatic heterocycles. The van der Waals surface area contributed by atoms with Crippen LogP contribution in [0.4, 0.5) is 0 Å². The van der Waals surface area contributed by atoms with Gasteiger partial charge in [-0.15, -0.1) is 0 Å². The van der Waals surface area contributed by atoms with E-state index in [0.717, 1.165) is 0 Å². The third-order valence-corrected chi connectivity index (χ3v) is 18.3. The average Bonchev–Trinajstić information content (AvgIpc) is 3.55. The van der Waals surface area contributed by atoms with Crippen molar-refractivity contribution < 1.29 is 139 Å². The summed E-state index contributed by atoms with van der Waals surface area (Å²) >= 11 is 0. The number of carbonyl (C=O) groups excluding carboxylic acids is 1. The number of esters is 1. The van der Waals surface area contributed by atoms with E-state index in [1.54, 1.807) is 6.92 Å². The van der Waals surface area contributed by atoms with Gasteiger partial charge in [0.25, 0.3) is 0 Å². The van der Waals surface area contributed by atoms with Gasteiger partial charge in [0.05, 0.1) is 44.6 Å². The van der Waals surface area contributed by atoms with E-state index >= 15 is 4.79 Å². The summed E-state index contributed by atoms with van der Waals surface area (Å²) in [6.07, 6.45) is -40.2. The van der Waals surface area contributed by atoms with E-state index in [-0.39, 0.29) is 17.8 Å². The molecule has 8 rings (SSSR count). The Balaban J connectivity index is 1.01. The monoisotopic (exact) mass is 1130 g/mol. The smallest absolute Gasteiger partial charge is 0.314 e. The number of ether oxygens (including phenoxy) is 10. The molecule has 0 aromatic rings. The Bertz CT molecular complexity index is 1970. The second kappa shape index (κ2) is 25.6. The van der Waals surface area contributed by atoms with Crippen molar-refractivity contribution in [2.24, 2.45) is 28.6 Å². The molecule has 450 valence electrons. The molecule has 3 saturated carbocycles. The summed E-state index contributed by atoms with van der Waals surface area (Å²) in [6, 6.07) is 0. The van der Waals surface area contributed by atoms with Gasteiger partial charge in [-0.2, -0.15) is 0 Å². The maximum absolute atomic E-state index is 15.2. The third-order valence-electron chi connectivity index (χ3n) is 18.3. The molecular formula is C50H82O28. The lowest BCUT2D eigenvalue weighted by molar-refractivity contribution is -0.388. The van der Waals surface area contributed by atoms with Gasteiger partial charge >= 0.3 is 5.97 Å². The zero-order valence-electron chi connectivity index (χ0n) is 43.4. The first kappa shape index (κ1) is 62.2. The SMILES string of the molecule is C=C1CCC2CCC3[C@](C)(C(=O)OC4OC(CO)C(O)C(OC5OC(CO)C(O)C(O)C5O)C4OC4OC(CO)C(O)C(O)C4O)CCC[C@@]3(C)[C@@H]2CCC1OC1OC(CO)C(O)C(OC2OC(CO)C(O)C(O)C2O)C1O. The molecule has 17 N–H and O–H groups in total. The molecule has 8 aliphatic rings. The van der Waals surface area contributed by atoms with Gasteiger partial charge in [-0.3, -0.25) is 4.79 Å². The highest BCUT2D eigenvalue weighted by atomic mass is 16.8. The number of hydrogen-bond donors (Lipinski definition) is 17. The first-order chi connectivity index (χ1) is 37.0. The predicted molar refractivity (Wildman–Crippen MR) is 254 cm³/mol. The van der Waals surface area contributed by atoms with Gasteiger partial charge in [-0.05, 0) is 87.0 Å². The van der Waals surface area contributed by atoms with E-state index in [0.29, 0.717) is 63.4 Å². The van der Waals surface area contributed by atoms with Gasteiger partial charge in [0, 0.05) is 0 Å². The second-order valence-corrected chi connectivity index (χ2v) is 22.9. The van der Waals surface area contributed by atoms with Crippen LogP contribution in [0.2, 0.25) is 0 Å². The number of hydrogen-bond acceptors (Lipinski definition) is 28. The van der Waals surface area contributed by atoms with Gasteiger partial charge in [-0.25, -0.2) is 0 Å². The lowest BCUT2D eigenvalue weighted by Gasteiger charge is -2.60. The van der Waals surface area contributed by atoms with E-state index in [4.69, 9.17) is 47.4 Å². The highest BCUT2D eigenvalue weighted by molar-refractivity contribution is 5.77. The molecule has 5 heterocycles. The Morgan fingerprint density at radius 3 is 1.38 bits per heavy atom. The van der Waals surface area contributed by atoms with Crippen LogP contribution in [0.15, 0.2) is 12.2 Å². The molecule has 8 fully saturated rings. The van der Waals surface area contributed by atoms with E-state index < -0.39 is 209 Å². The summed E-state index contributed by atoms with van der Waals surface area (Å²) in [5.41, 5.74) is -1.11. The van der Waals surface area contributed by atoms with Crippen molar-refractivity contribution in [3.63, 3.8) is 0 Å². The Morgan fingerprint density at radius 1 is 0.474 bits per heavy atom. The van der Waals surface area contributed by atoms with Gasteiger partial charge in [0.1, 0.15) is 116 Å². The van der Waals surface area contributed by atoms with Crippen molar-refractivity contribution >= 4 is 5.97 Å². The Labute approximate surface area is 449 Å². The fraction of sp³-hybridized carbons (Fsp3) is 0.940. The molecule has 78 heavy (non-hydrogen) atoms. The van der Waals surface area contributed by atoms with Crippen LogP contribution >= 0.6 is 0 Å². The lowest BCUT2D eigenvalue weighted by atomic mass is 9.45. The van der Waals surface area contributed by atoms with Crippen molar-refractivity contribution in [3.05, 3.63) is 12.2 Å². The number of carbonyl (C=O) groups is 1. The van der Waals surface area contributed by atoms with Crippen LogP contribution in [0.25, 0.3) is 0 Å². The minimum absolute atomic E-state index is 0.0345. The quantitative estimate of drug-likeness (QED) is 0.0535. The predicted octanol–water partition coefficient (Wildman–Crippen LogP) is -7.04. The molecule has 0 radical (unpaired) electrons. The molecule has 28 heteroatoms. The van der Waals surface area contributed by atoms with Crippen molar-refractivity contribution in [2.45, 2.75) is 231 Å². The van der Waals surface area contributed by atoms with E-state index in [2.05, 4.69) is 13.5 Å². The van der Waals surface area contributed by atoms with Crippen molar-refractivity contribution in [1.82, 2.24) is 0 Å². The zero-order valence-corrected chi connectivity index (χ0v) is 43.4. The highest BCUT2D eigenvalue weighted by Crippen LogP contribution is 2.64. The molecule has 0 aromatic carbocycles. The Hall–Kier alpha value is -1.83. The number of aliphatic hydroxyl groups is 17. The molecule has 0 spiro atoms. The van der Waals surface area contributed by atoms with Gasteiger partial charge in [-0.1, -0.05) is 19.9 Å². The normalized spacial score (nSPS) is 52.3. The first-order valence-electron chi connectivity index (χ1n) is 27.0. The summed E-state index contributed by atoms with van der Waals surface area (Å²) in [4.78, 5) is 15.2. The number of rotatable bonds is 15. The van der Waals surface area contributed by atoms with Crippen LogP contribution in [-0.2, 0) is 52.2 Å². The molecular weight excluding hydrogens is 1050 g/mol. The molecule has 3 aliphatic carbocycles. The summed E-state index contributed by atoms with van der Waals surface area (Å²) in [7, 11) is 0. The Kier molecular flexibility index (Phi) is 20.4. The minimum atomic E-state index is -2.04. The molecule has 5 saturated heterocycles. The summed E-state index contributed by atoms with van der Waals surface area (Å²) in [5.74, 6) is -1.02. The topological polar surface area (TPSA) is 453 Å². The van der Waals surface area contributed by atoms with Crippen molar-refractivity contribution in [2.75, 3.05) is 33.0 Å². The Morgan fingerprint density at radius 2 is 0.897 bits per heavy atom. The van der Waals surface area contributed by atoms with Gasteiger partial charge in [0.15, 0.2) is 31.3 Å². The van der Waals surface area contributed by atoms with Gasteiger partial charge in [0.2, 0.25) is 6.29 Å². The summed E-state index contributed by atoms with van der Waals surface area (Å²) < 4.78 is 59.2. The fourth-order valence-corrected chi connectivity index (χ4v) is 13.7. The number of aliphatic hydroxyl groups excluding tert-OH is 17. The van der Waals surface area contributed by atoms with E-state index in [9.17, 15) is 86.8 Å². The lowest BCUT2D eigenvalue weighted by Crippen LogP contribution is -2.67. The first-order valence-corrected chi connectivity index (χ1v) is 27.0. The standard InChI is InChI=1S/C50H82O28/c1-18-5-6-19-7-10-27-49(2,20(19)8-9-21(18)69-46-39(67)40(31(59)25(16-54)73-46)75-43-36(64)33(61)28(56)22(13-51)70-43)11-4-12-50(27,3)48(68)78-47-42(77-45-38(66)35(63)30(58)24(15-53)72-45)41(32(60)26(17-55)74-47)76-44-37(65)34(62)29(57)23(14-52)71-44/h19-47,51-67H,1,4-17H2,2-3H3/t19?,20-,21?,22?,23?,24?,25?,26?,27?,28?,29?,30?,31?,32?,33?,34?,35?,36?,37?,38?,39?,40?,41?,42?,43?,44?,45?,46?,47?,49+,50-/m1/s1. The molecule has 31 atom stereocenters. The molecule has 28 unspecified atom stereocenters. The van der Waals surface area contributed by atoms with Crippen LogP contribution < -0.4 is 0 Å². The van der Waals surface area contributed by atoms with Crippen LogP contribution in [-0.4, -0.2) is 285 Å². The average molecular weight is 1130 g/mol. The minimum Gasteiger partial charge on any atom is -0.432 e. The van der Waals surface area contributed by atoms with Crippen molar-refractivity contribution in [3.8, 4) is 0 Å². The fourth-order valence-electron chi connectivity index (χ4n) is 13.7. The molecule has 28 nitrogen and oxygen atoms in total. The van der Waals surface area contributed by atoms with Crippen LogP contribution in [0.3, 0.4) is 0 Å². The largest absolute Gasteiger partial charge is 0.432 e. The van der Waals surface area contributed by atoms with Crippen LogP contribution in [0.1, 0.15) is 71.6 Å².